The minimum Gasteiger partial charge on any atom is -0.0625 e. The molecule has 0 aliphatic heterocycles. The predicted molar refractivity (Wildman–Crippen MR) is 62.1 cm³/mol. The first-order valence-electron chi connectivity index (χ1n) is 6.61. The molecule has 0 bridgehead atoms. The molecular weight excluding hydrogens is 168 g/mol. The summed E-state index contributed by atoms with van der Waals surface area (Å²) in [5.41, 5.74) is 0. The molecule has 0 radical (unpaired) electrons. The molecule has 0 N–H and O–H groups in total. The predicted octanol–water partition coefficient (Wildman–Crippen LogP) is 4.35. The summed E-state index contributed by atoms with van der Waals surface area (Å²) in [6.45, 7) is 9.74. The largest absolute Gasteiger partial charge is 0.0625 e. The lowest BCUT2D eigenvalue weighted by Crippen LogP contribution is -2.46. The second-order valence-corrected chi connectivity index (χ2v) is 6.24. The van der Waals surface area contributed by atoms with Crippen molar-refractivity contribution in [2.75, 3.05) is 0 Å². The van der Waals surface area contributed by atoms with Gasteiger partial charge in [-0.15, -0.1) is 0 Å². The molecule has 2 aliphatic carbocycles. The van der Waals surface area contributed by atoms with E-state index in [1.54, 1.807) is 6.42 Å². The smallest absolute Gasteiger partial charge is 0.0352 e. The van der Waals surface area contributed by atoms with Crippen molar-refractivity contribution in [3.63, 3.8) is 0 Å². The molecule has 2 aliphatic rings. The van der Waals surface area contributed by atoms with Crippen molar-refractivity contribution < 1.29 is 0 Å². The lowest BCUT2D eigenvalue weighted by molar-refractivity contribution is -0.0476. The molecule has 0 saturated heterocycles. The fourth-order valence-corrected chi connectivity index (χ4v) is 3.86. The van der Waals surface area contributed by atoms with Gasteiger partial charge in [0.2, 0.25) is 0 Å². The van der Waals surface area contributed by atoms with Crippen molar-refractivity contribution in [3.05, 3.63) is 0 Å². The van der Waals surface area contributed by atoms with E-state index in [0.29, 0.717) is 0 Å². The second kappa shape index (κ2) is 3.87. The van der Waals surface area contributed by atoms with Crippen LogP contribution in [0, 0.1) is 35.5 Å². The molecule has 0 aromatic rings. The van der Waals surface area contributed by atoms with Crippen molar-refractivity contribution in [2.24, 2.45) is 35.5 Å². The minimum atomic E-state index is 0.887. The lowest BCUT2D eigenvalue weighted by Gasteiger charge is -2.54. The van der Waals surface area contributed by atoms with Gasteiger partial charge in [-0.2, -0.15) is 0 Å². The third-order valence-corrected chi connectivity index (χ3v) is 5.30. The summed E-state index contributed by atoms with van der Waals surface area (Å²) in [5, 5.41) is 0. The number of fused-ring (bicyclic) bond motifs is 1. The second-order valence-electron chi connectivity index (χ2n) is 6.24. The highest BCUT2D eigenvalue weighted by Gasteiger charge is 2.47. The van der Waals surface area contributed by atoms with Gasteiger partial charge in [0, 0.05) is 0 Å². The Hall–Kier alpha value is 0. The van der Waals surface area contributed by atoms with E-state index in [2.05, 4.69) is 27.7 Å². The number of rotatable bonds is 2. The maximum atomic E-state index is 2.48. The van der Waals surface area contributed by atoms with E-state index in [-0.39, 0.29) is 0 Å². The molecule has 0 aromatic carbocycles. The maximum Gasteiger partial charge on any atom is -0.0352 e. The van der Waals surface area contributed by atoms with Crippen LogP contribution in [-0.2, 0) is 0 Å². The Balaban J connectivity index is 1.94. The molecule has 2 saturated carbocycles. The van der Waals surface area contributed by atoms with E-state index in [9.17, 15) is 0 Å². The standard InChI is InChI=1S/C14H26/c1-9(2)11(4)14-8-13-10(3)6-5-7-12(13)14/h9-14H,5-8H2,1-4H3. The van der Waals surface area contributed by atoms with Gasteiger partial charge in [-0.1, -0.05) is 40.5 Å². The number of hydrogen-bond acceptors (Lipinski definition) is 0. The van der Waals surface area contributed by atoms with Crippen molar-refractivity contribution in [2.45, 2.75) is 53.4 Å². The van der Waals surface area contributed by atoms with Crippen molar-refractivity contribution in [1.29, 1.82) is 0 Å². The Morgan fingerprint density at radius 2 is 1.71 bits per heavy atom. The fraction of sp³-hybridized carbons (Fsp3) is 1.00. The van der Waals surface area contributed by atoms with Crippen LogP contribution in [0.15, 0.2) is 0 Å². The molecule has 82 valence electrons. The van der Waals surface area contributed by atoms with Gasteiger partial charge in [0.25, 0.3) is 0 Å². The minimum absolute atomic E-state index is 0.887. The zero-order chi connectivity index (χ0) is 10.3. The molecule has 2 rings (SSSR count). The van der Waals surface area contributed by atoms with Gasteiger partial charge >= 0.3 is 0 Å². The van der Waals surface area contributed by atoms with Crippen LogP contribution in [0.2, 0.25) is 0 Å². The van der Waals surface area contributed by atoms with Crippen LogP contribution in [0.5, 0.6) is 0 Å². The fourth-order valence-electron chi connectivity index (χ4n) is 3.86. The van der Waals surface area contributed by atoms with E-state index in [4.69, 9.17) is 0 Å². The SMILES string of the molecule is CC(C)C(C)C1CC2C(C)CCCC21. The van der Waals surface area contributed by atoms with Crippen molar-refractivity contribution >= 4 is 0 Å². The first-order chi connectivity index (χ1) is 6.61. The summed E-state index contributed by atoms with van der Waals surface area (Å²) in [5.74, 6) is 6.16. The Labute approximate surface area is 89.5 Å². The maximum absolute atomic E-state index is 2.48. The molecule has 5 atom stereocenters. The summed E-state index contributed by atoms with van der Waals surface area (Å²) in [4.78, 5) is 0. The highest BCUT2D eigenvalue weighted by molar-refractivity contribution is 4.96. The van der Waals surface area contributed by atoms with Crippen LogP contribution in [-0.4, -0.2) is 0 Å². The molecule has 5 unspecified atom stereocenters. The number of hydrogen-bond donors (Lipinski definition) is 0. The van der Waals surface area contributed by atoms with Gasteiger partial charge in [-0.3, -0.25) is 0 Å². The highest BCUT2D eigenvalue weighted by Crippen LogP contribution is 2.55. The van der Waals surface area contributed by atoms with Crippen LogP contribution in [0.25, 0.3) is 0 Å². The molecule has 0 aromatic heterocycles. The molecule has 14 heavy (non-hydrogen) atoms. The molecule has 2 fully saturated rings. The first-order valence-corrected chi connectivity index (χ1v) is 6.61. The van der Waals surface area contributed by atoms with Crippen LogP contribution in [0.4, 0.5) is 0 Å². The van der Waals surface area contributed by atoms with Crippen LogP contribution >= 0.6 is 0 Å². The molecule has 0 spiro atoms. The summed E-state index contributed by atoms with van der Waals surface area (Å²) >= 11 is 0. The normalized spacial score (nSPS) is 44.4. The van der Waals surface area contributed by atoms with Crippen LogP contribution < -0.4 is 0 Å². The van der Waals surface area contributed by atoms with Gasteiger partial charge in [0.15, 0.2) is 0 Å². The average molecular weight is 194 g/mol. The van der Waals surface area contributed by atoms with Crippen molar-refractivity contribution in [3.8, 4) is 0 Å². The molecular formula is C14H26. The summed E-state index contributed by atoms with van der Waals surface area (Å²) in [7, 11) is 0. The average Bonchev–Trinajstić information content (AvgIpc) is 2.08. The van der Waals surface area contributed by atoms with E-state index in [1.807, 2.05) is 0 Å². The lowest BCUT2D eigenvalue weighted by atomic mass is 9.51. The van der Waals surface area contributed by atoms with Gasteiger partial charge in [0.1, 0.15) is 0 Å². The van der Waals surface area contributed by atoms with Crippen LogP contribution in [0.3, 0.4) is 0 Å². The molecule has 0 amide bonds. The summed E-state index contributed by atoms with van der Waals surface area (Å²) in [6, 6.07) is 0. The molecule has 0 nitrogen and oxygen atoms in total. The topological polar surface area (TPSA) is 0 Å². The zero-order valence-corrected chi connectivity index (χ0v) is 10.3. The highest BCUT2D eigenvalue weighted by atomic mass is 14.5. The summed E-state index contributed by atoms with van der Waals surface area (Å²) < 4.78 is 0. The quantitative estimate of drug-likeness (QED) is 0.613. The van der Waals surface area contributed by atoms with Gasteiger partial charge in [0.05, 0.1) is 0 Å². The van der Waals surface area contributed by atoms with Crippen LogP contribution in [0.1, 0.15) is 53.4 Å². The Morgan fingerprint density at radius 3 is 2.36 bits per heavy atom. The van der Waals surface area contributed by atoms with E-state index in [1.165, 1.54) is 19.3 Å². The molecule has 0 heterocycles. The third kappa shape index (κ3) is 1.61. The van der Waals surface area contributed by atoms with Gasteiger partial charge < -0.3 is 0 Å². The Kier molecular flexibility index (Phi) is 2.91. The zero-order valence-electron chi connectivity index (χ0n) is 10.3. The van der Waals surface area contributed by atoms with Gasteiger partial charge in [-0.05, 0) is 48.3 Å². The van der Waals surface area contributed by atoms with E-state index < -0.39 is 0 Å². The Morgan fingerprint density at radius 1 is 1.00 bits per heavy atom. The van der Waals surface area contributed by atoms with E-state index >= 15 is 0 Å². The van der Waals surface area contributed by atoms with Gasteiger partial charge in [-0.25, -0.2) is 0 Å². The monoisotopic (exact) mass is 194 g/mol. The summed E-state index contributed by atoms with van der Waals surface area (Å²) in [6.07, 6.45) is 6.09. The molecule has 0 heteroatoms. The van der Waals surface area contributed by atoms with Crippen molar-refractivity contribution in [1.82, 2.24) is 0 Å². The van der Waals surface area contributed by atoms with E-state index in [0.717, 1.165) is 35.5 Å². The Bertz CT molecular complexity index is 192. The third-order valence-electron chi connectivity index (χ3n) is 5.30. The first kappa shape index (κ1) is 10.5.